The van der Waals surface area contributed by atoms with Gasteiger partial charge in [-0.25, -0.2) is 0 Å². The van der Waals surface area contributed by atoms with Crippen LogP contribution < -0.4 is 0 Å². The van der Waals surface area contributed by atoms with Crippen molar-refractivity contribution in [3.63, 3.8) is 0 Å². The standard InChI is InChI=1S/C18H21NO7S/c1-13(20)18(25-12-15-6-4-3-5-7-15)14(2)26-27(23,24)17-10-8-16(9-11-17)19(21)22/h3-11,13-14,18,20H,12H2,1-2H3/t13-,14+,18+/m1/s1. The Balaban J connectivity index is 2.08. The first-order valence-corrected chi connectivity index (χ1v) is 9.63. The number of aliphatic hydroxyl groups is 1. The van der Waals surface area contributed by atoms with E-state index in [0.717, 1.165) is 29.8 Å². The number of nitro benzene ring substituents is 1. The van der Waals surface area contributed by atoms with Crippen LogP contribution in [-0.2, 0) is 25.6 Å². The van der Waals surface area contributed by atoms with Crippen LogP contribution in [0.3, 0.4) is 0 Å². The van der Waals surface area contributed by atoms with Crippen LogP contribution in [0.5, 0.6) is 0 Å². The second-order valence-electron chi connectivity index (χ2n) is 6.01. The van der Waals surface area contributed by atoms with E-state index in [1.807, 2.05) is 30.3 Å². The van der Waals surface area contributed by atoms with E-state index >= 15 is 0 Å². The van der Waals surface area contributed by atoms with E-state index in [4.69, 9.17) is 8.92 Å². The van der Waals surface area contributed by atoms with E-state index in [9.17, 15) is 23.6 Å². The van der Waals surface area contributed by atoms with Crippen LogP contribution in [0.25, 0.3) is 0 Å². The van der Waals surface area contributed by atoms with E-state index in [-0.39, 0.29) is 17.2 Å². The Morgan fingerprint density at radius 2 is 1.67 bits per heavy atom. The van der Waals surface area contributed by atoms with Gasteiger partial charge in [0, 0.05) is 12.1 Å². The second-order valence-corrected chi connectivity index (χ2v) is 7.58. The molecule has 0 aromatic heterocycles. The number of nitro groups is 1. The monoisotopic (exact) mass is 395 g/mol. The van der Waals surface area contributed by atoms with Crippen LogP contribution in [0, 0.1) is 10.1 Å². The molecule has 9 heteroatoms. The summed E-state index contributed by atoms with van der Waals surface area (Å²) in [4.78, 5) is 9.83. The van der Waals surface area contributed by atoms with Gasteiger partial charge in [-0.15, -0.1) is 0 Å². The normalized spacial score (nSPS) is 15.1. The number of benzene rings is 2. The fourth-order valence-electron chi connectivity index (χ4n) is 2.48. The summed E-state index contributed by atoms with van der Waals surface area (Å²) in [5.41, 5.74) is 0.642. The molecule has 146 valence electrons. The van der Waals surface area contributed by atoms with Gasteiger partial charge in [0.1, 0.15) is 12.2 Å². The fraction of sp³-hybridized carbons (Fsp3) is 0.333. The summed E-state index contributed by atoms with van der Waals surface area (Å²) in [5, 5.41) is 20.6. The molecular formula is C18H21NO7S. The second kappa shape index (κ2) is 9.05. The first kappa shape index (κ1) is 21.0. The Morgan fingerprint density at radius 1 is 1.07 bits per heavy atom. The molecule has 0 bridgehead atoms. The summed E-state index contributed by atoms with van der Waals surface area (Å²) in [6, 6.07) is 13.6. The average Bonchev–Trinajstić information content (AvgIpc) is 2.62. The molecule has 0 fully saturated rings. The van der Waals surface area contributed by atoms with Gasteiger partial charge in [-0.05, 0) is 31.5 Å². The Morgan fingerprint density at radius 3 is 2.19 bits per heavy atom. The van der Waals surface area contributed by atoms with Crippen LogP contribution in [0.15, 0.2) is 59.5 Å². The molecule has 0 amide bonds. The number of hydrogen-bond acceptors (Lipinski definition) is 7. The van der Waals surface area contributed by atoms with Crippen molar-refractivity contribution in [2.75, 3.05) is 0 Å². The van der Waals surface area contributed by atoms with Gasteiger partial charge < -0.3 is 9.84 Å². The van der Waals surface area contributed by atoms with Crippen molar-refractivity contribution in [2.45, 2.75) is 43.7 Å². The van der Waals surface area contributed by atoms with Crippen LogP contribution in [-0.4, -0.2) is 36.8 Å². The molecule has 2 aromatic carbocycles. The molecular weight excluding hydrogens is 374 g/mol. The van der Waals surface area contributed by atoms with Gasteiger partial charge in [0.05, 0.1) is 22.5 Å². The molecule has 2 rings (SSSR count). The highest BCUT2D eigenvalue weighted by molar-refractivity contribution is 7.86. The highest BCUT2D eigenvalue weighted by Crippen LogP contribution is 2.21. The SMILES string of the molecule is C[C@H](OS(=O)(=O)c1ccc([N+](=O)[O-])cc1)[C@@H](OCc1ccccc1)[C@@H](C)O. The summed E-state index contributed by atoms with van der Waals surface area (Å²) in [5.74, 6) is 0. The first-order valence-electron chi connectivity index (χ1n) is 8.22. The Hall–Kier alpha value is -2.33. The molecule has 27 heavy (non-hydrogen) atoms. The maximum atomic E-state index is 12.4. The molecule has 1 N–H and O–H groups in total. The zero-order valence-electron chi connectivity index (χ0n) is 14.9. The maximum Gasteiger partial charge on any atom is 0.297 e. The summed E-state index contributed by atoms with van der Waals surface area (Å²) in [6.07, 6.45) is -2.84. The number of aliphatic hydroxyl groups excluding tert-OH is 1. The highest BCUT2D eigenvalue weighted by atomic mass is 32.2. The fourth-order valence-corrected chi connectivity index (χ4v) is 3.57. The predicted octanol–water partition coefficient (Wildman–Crippen LogP) is 2.65. The minimum Gasteiger partial charge on any atom is -0.391 e. The van der Waals surface area contributed by atoms with Crippen molar-refractivity contribution < 1.29 is 27.4 Å². The lowest BCUT2D eigenvalue weighted by Crippen LogP contribution is -2.39. The summed E-state index contributed by atoms with van der Waals surface area (Å²) >= 11 is 0. The third-order valence-electron chi connectivity index (χ3n) is 3.84. The summed E-state index contributed by atoms with van der Waals surface area (Å²) in [6.45, 7) is 3.14. The first-order chi connectivity index (χ1) is 12.7. The van der Waals surface area contributed by atoms with Gasteiger partial charge in [-0.3, -0.25) is 14.3 Å². The van der Waals surface area contributed by atoms with Gasteiger partial charge in [-0.1, -0.05) is 30.3 Å². The molecule has 2 aromatic rings. The highest BCUT2D eigenvalue weighted by Gasteiger charge is 2.29. The van der Waals surface area contributed by atoms with Crippen molar-refractivity contribution in [1.29, 1.82) is 0 Å². The third-order valence-corrected chi connectivity index (χ3v) is 5.24. The molecule has 0 radical (unpaired) electrons. The zero-order valence-corrected chi connectivity index (χ0v) is 15.7. The lowest BCUT2D eigenvalue weighted by molar-refractivity contribution is -0.384. The number of nitrogens with zero attached hydrogens (tertiary/aromatic N) is 1. The predicted molar refractivity (Wildman–Crippen MR) is 97.5 cm³/mol. The van der Waals surface area contributed by atoms with Crippen LogP contribution in [0.4, 0.5) is 5.69 Å². The van der Waals surface area contributed by atoms with Crippen LogP contribution >= 0.6 is 0 Å². The zero-order chi connectivity index (χ0) is 20.0. The number of rotatable bonds is 9. The van der Waals surface area contributed by atoms with E-state index in [0.29, 0.717) is 0 Å². The van der Waals surface area contributed by atoms with Gasteiger partial charge in [0.2, 0.25) is 0 Å². The van der Waals surface area contributed by atoms with Crippen molar-refractivity contribution in [3.05, 3.63) is 70.3 Å². The van der Waals surface area contributed by atoms with Crippen molar-refractivity contribution in [3.8, 4) is 0 Å². The molecule has 8 nitrogen and oxygen atoms in total. The smallest absolute Gasteiger partial charge is 0.297 e. The number of non-ortho nitro benzene ring substituents is 1. The molecule has 0 unspecified atom stereocenters. The van der Waals surface area contributed by atoms with Crippen LogP contribution in [0.1, 0.15) is 19.4 Å². The Bertz CT molecular complexity index is 851. The average molecular weight is 395 g/mol. The van der Waals surface area contributed by atoms with Gasteiger partial charge in [-0.2, -0.15) is 8.42 Å². The Labute approximate surface area is 157 Å². The lowest BCUT2D eigenvalue weighted by Gasteiger charge is -2.26. The third kappa shape index (κ3) is 5.83. The van der Waals surface area contributed by atoms with E-state index in [2.05, 4.69) is 0 Å². The van der Waals surface area contributed by atoms with Gasteiger partial charge >= 0.3 is 0 Å². The summed E-state index contributed by atoms with van der Waals surface area (Å²) in [7, 11) is -4.18. The molecule has 0 saturated heterocycles. The molecule has 3 atom stereocenters. The quantitative estimate of drug-likeness (QED) is 0.394. The van der Waals surface area contributed by atoms with E-state index in [1.54, 1.807) is 0 Å². The maximum absolute atomic E-state index is 12.4. The molecule has 0 aliphatic rings. The largest absolute Gasteiger partial charge is 0.391 e. The van der Waals surface area contributed by atoms with E-state index < -0.39 is 33.4 Å². The Kier molecular flexibility index (Phi) is 7.03. The lowest BCUT2D eigenvalue weighted by atomic mass is 10.1. The molecule has 0 aliphatic heterocycles. The minimum atomic E-state index is -4.18. The molecule has 0 heterocycles. The van der Waals surface area contributed by atoms with Crippen molar-refractivity contribution in [2.24, 2.45) is 0 Å². The minimum absolute atomic E-state index is 0.182. The van der Waals surface area contributed by atoms with Crippen LogP contribution in [0.2, 0.25) is 0 Å². The van der Waals surface area contributed by atoms with E-state index in [1.165, 1.54) is 13.8 Å². The number of hydrogen-bond donors (Lipinski definition) is 1. The van der Waals surface area contributed by atoms with Crippen molar-refractivity contribution >= 4 is 15.8 Å². The molecule has 0 saturated carbocycles. The molecule has 0 spiro atoms. The van der Waals surface area contributed by atoms with Crippen molar-refractivity contribution in [1.82, 2.24) is 0 Å². The molecule has 0 aliphatic carbocycles. The summed E-state index contributed by atoms with van der Waals surface area (Å²) < 4.78 is 35.6. The van der Waals surface area contributed by atoms with Gasteiger partial charge in [0.25, 0.3) is 15.8 Å². The topological polar surface area (TPSA) is 116 Å². The number of ether oxygens (including phenoxy) is 1. The van der Waals surface area contributed by atoms with Gasteiger partial charge in [0.15, 0.2) is 0 Å².